The average Bonchev–Trinajstić information content (AvgIpc) is 2.55. The summed E-state index contributed by atoms with van der Waals surface area (Å²) in [4.78, 5) is 8.26. The highest BCUT2D eigenvalue weighted by Crippen LogP contribution is 2.18. The molecule has 0 aliphatic rings. The predicted molar refractivity (Wildman–Crippen MR) is 50.4 cm³/mol. The molecule has 2 aromatic heterocycles. The largest absolute Gasteiger partial charge is 0.262 e. The SMILES string of the molecule is c1cnc2ccc3nnnc3c2cn1. The highest BCUT2D eigenvalue weighted by atomic mass is 15.3. The summed E-state index contributed by atoms with van der Waals surface area (Å²) in [7, 11) is 0. The molecule has 0 atom stereocenters. The van der Waals surface area contributed by atoms with E-state index in [0.717, 1.165) is 21.9 Å². The van der Waals surface area contributed by atoms with Crippen molar-refractivity contribution in [1.82, 2.24) is 25.4 Å². The standard InChI is InChI=1S/C9H5N5/c1-2-8-9(13-14-12-8)6-5-10-3-4-11-7(1)6/h1-5H. The van der Waals surface area contributed by atoms with Crippen LogP contribution in [-0.2, 0) is 0 Å². The quantitative estimate of drug-likeness (QED) is 0.519. The number of hydrogen-bond acceptors (Lipinski definition) is 5. The molecule has 1 aromatic carbocycles. The van der Waals surface area contributed by atoms with Crippen LogP contribution in [0.2, 0.25) is 0 Å². The number of rotatable bonds is 0. The Balaban J connectivity index is 2.64. The normalized spacial score (nSPS) is 10.9. The van der Waals surface area contributed by atoms with Crippen molar-refractivity contribution in [2.24, 2.45) is 0 Å². The molecule has 66 valence electrons. The van der Waals surface area contributed by atoms with Crippen LogP contribution in [0.1, 0.15) is 0 Å². The number of benzene rings is 1. The maximum atomic E-state index is 4.22. The van der Waals surface area contributed by atoms with Crippen molar-refractivity contribution >= 4 is 21.9 Å². The van der Waals surface area contributed by atoms with Gasteiger partial charge in [0.1, 0.15) is 11.0 Å². The Morgan fingerprint density at radius 1 is 0.929 bits per heavy atom. The fraction of sp³-hybridized carbons (Fsp3) is 0. The molecule has 0 saturated heterocycles. The van der Waals surface area contributed by atoms with Crippen molar-refractivity contribution in [3.63, 3.8) is 0 Å². The average molecular weight is 183 g/mol. The van der Waals surface area contributed by atoms with Gasteiger partial charge in [0.2, 0.25) is 0 Å². The summed E-state index contributed by atoms with van der Waals surface area (Å²) < 4.78 is 0. The van der Waals surface area contributed by atoms with E-state index in [1.54, 1.807) is 18.6 Å². The second kappa shape index (κ2) is 2.66. The first kappa shape index (κ1) is 7.25. The Morgan fingerprint density at radius 2 is 1.86 bits per heavy atom. The maximum Gasteiger partial charge on any atom is 0.126 e. The number of hydrogen-bond donors (Lipinski definition) is 0. The smallest absolute Gasteiger partial charge is 0.126 e. The van der Waals surface area contributed by atoms with Crippen LogP contribution in [0.3, 0.4) is 0 Å². The van der Waals surface area contributed by atoms with Crippen LogP contribution in [0.5, 0.6) is 0 Å². The summed E-state index contributed by atoms with van der Waals surface area (Å²) >= 11 is 0. The summed E-state index contributed by atoms with van der Waals surface area (Å²) in [6.45, 7) is 0. The van der Waals surface area contributed by atoms with Gasteiger partial charge in [0.15, 0.2) is 0 Å². The van der Waals surface area contributed by atoms with Crippen LogP contribution in [0.25, 0.3) is 21.9 Å². The topological polar surface area (TPSA) is 64.5 Å². The number of fused-ring (bicyclic) bond motifs is 3. The highest BCUT2D eigenvalue weighted by molar-refractivity contribution is 6.01. The Morgan fingerprint density at radius 3 is 2.86 bits per heavy atom. The van der Waals surface area contributed by atoms with E-state index in [0.29, 0.717) is 0 Å². The molecule has 5 nitrogen and oxygen atoms in total. The monoisotopic (exact) mass is 183 g/mol. The third-order valence-corrected chi connectivity index (χ3v) is 2.04. The van der Waals surface area contributed by atoms with Crippen LogP contribution < -0.4 is 0 Å². The predicted octanol–water partition coefficient (Wildman–Crippen LogP) is 0.968. The van der Waals surface area contributed by atoms with Crippen LogP contribution in [0.4, 0.5) is 0 Å². The van der Waals surface area contributed by atoms with Gasteiger partial charge in [0.05, 0.1) is 5.52 Å². The maximum absolute atomic E-state index is 4.22. The molecule has 3 aromatic rings. The molecule has 14 heavy (non-hydrogen) atoms. The van der Waals surface area contributed by atoms with E-state index in [1.165, 1.54) is 0 Å². The third kappa shape index (κ3) is 0.922. The van der Waals surface area contributed by atoms with E-state index in [4.69, 9.17) is 0 Å². The molecular formula is C9H5N5. The van der Waals surface area contributed by atoms with Crippen molar-refractivity contribution in [2.45, 2.75) is 0 Å². The van der Waals surface area contributed by atoms with E-state index in [-0.39, 0.29) is 0 Å². The van der Waals surface area contributed by atoms with Gasteiger partial charge in [-0.05, 0) is 17.3 Å². The second-order valence-electron chi connectivity index (χ2n) is 2.86. The van der Waals surface area contributed by atoms with E-state index in [9.17, 15) is 0 Å². The molecule has 0 radical (unpaired) electrons. The van der Waals surface area contributed by atoms with Crippen molar-refractivity contribution in [2.75, 3.05) is 0 Å². The Labute approximate surface area is 78.8 Å². The first-order chi connectivity index (χ1) is 6.95. The van der Waals surface area contributed by atoms with Crippen LogP contribution in [-0.4, -0.2) is 25.4 Å². The van der Waals surface area contributed by atoms with Crippen molar-refractivity contribution < 1.29 is 0 Å². The molecule has 3 rings (SSSR count). The van der Waals surface area contributed by atoms with E-state index in [1.807, 2.05) is 12.1 Å². The van der Waals surface area contributed by atoms with Crippen molar-refractivity contribution in [3.05, 3.63) is 30.7 Å². The second-order valence-corrected chi connectivity index (χ2v) is 2.86. The molecule has 0 bridgehead atoms. The zero-order valence-corrected chi connectivity index (χ0v) is 7.12. The van der Waals surface area contributed by atoms with Crippen LogP contribution in [0.15, 0.2) is 30.7 Å². The van der Waals surface area contributed by atoms with E-state index < -0.39 is 0 Å². The fourth-order valence-corrected chi connectivity index (χ4v) is 1.40. The first-order valence-corrected chi connectivity index (χ1v) is 4.13. The molecule has 0 amide bonds. The van der Waals surface area contributed by atoms with Gasteiger partial charge in [0, 0.05) is 24.0 Å². The van der Waals surface area contributed by atoms with Gasteiger partial charge in [-0.3, -0.25) is 9.97 Å². The molecular weight excluding hydrogens is 178 g/mol. The summed E-state index contributed by atoms with van der Waals surface area (Å²) in [5.74, 6) is 0. The zero-order valence-electron chi connectivity index (χ0n) is 7.12. The van der Waals surface area contributed by atoms with E-state index in [2.05, 4.69) is 25.4 Å². The van der Waals surface area contributed by atoms with Crippen LogP contribution in [0, 0.1) is 0 Å². The lowest BCUT2D eigenvalue weighted by atomic mass is 10.2. The van der Waals surface area contributed by atoms with Gasteiger partial charge in [-0.15, -0.1) is 10.2 Å². The summed E-state index contributed by atoms with van der Waals surface area (Å²) in [6, 6.07) is 3.74. The highest BCUT2D eigenvalue weighted by Gasteiger charge is 2.03. The first-order valence-electron chi connectivity index (χ1n) is 4.13. The van der Waals surface area contributed by atoms with Gasteiger partial charge < -0.3 is 0 Å². The van der Waals surface area contributed by atoms with Gasteiger partial charge >= 0.3 is 0 Å². The lowest BCUT2D eigenvalue weighted by molar-refractivity contribution is 0.960. The molecule has 0 saturated carbocycles. The fourth-order valence-electron chi connectivity index (χ4n) is 1.40. The molecule has 5 heteroatoms. The zero-order chi connectivity index (χ0) is 9.38. The van der Waals surface area contributed by atoms with Crippen molar-refractivity contribution in [3.8, 4) is 0 Å². The number of nitrogens with zero attached hydrogens (tertiary/aromatic N) is 5. The minimum Gasteiger partial charge on any atom is -0.262 e. The van der Waals surface area contributed by atoms with Crippen molar-refractivity contribution in [1.29, 1.82) is 0 Å². The van der Waals surface area contributed by atoms with Crippen LogP contribution >= 0.6 is 0 Å². The Bertz CT molecular complexity index is 607. The molecule has 0 N–H and O–H groups in total. The molecule has 0 aliphatic carbocycles. The molecule has 2 heterocycles. The minimum atomic E-state index is 0.749. The third-order valence-electron chi connectivity index (χ3n) is 2.04. The minimum absolute atomic E-state index is 0.749. The molecule has 0 spiro atoms. The van der Waals surface area contributed by atoms with Gasteiger partial charge in [-0.2, -0.15) is 0 Å². The number of aromatic nitrogens is 5. The molecule has 0 unspecified atom stereocenters. The summed E-state index contributed by atoms with van der Waals surface area (Å²) in [5, 5.41) is 12.3. The lowest BCUT2D eigenvalue weighted by Gasteiger charge is -1.89. The van der Waals surface area contributed by atoms with Gasteiger partial charge in [-0.1, -0.05) is 0 Å². The summed E-state index contributed by atoms with van der Waals surface area (Å²) in [6.07, 6.45) is 5.01. The summed E-state index contributed by atoms with van der Waals surface area (Å²) in [5.41, 5.74) is 2.36. The van der Waals surface area contributed by atoms with Gasteiger partial charge in [-0.25, -0.2) is 0 Å². The molecule has 0 aliphatic heterocycles. The lowest BCUT2D eigenvalue weighted by Crippen LogP contribution is -1.75. The molecule has 0 fully saturated rings. The van der Waals surface area contributed by atoms with E-state index >= 15 is 0 Å². The Kier molecular flexibility index (Phi) is 1.38. The Hall–Kier alpha value is -2.17. The van der Waals surface area contributed by atoms with Gasteiger partial charge in [0.25, 0.3) is 0 Å².